The Balaban J connectivity index is 1.40. The van der Waals surface area contributed by atoms with Gasteiger partial charge in [0, 0.05) is 16.8 Å². The monoisotopic (exact) mass is 440 g/mol. The molecule has 146 valence electrons. The standard InChI is InChI=1S/C20H16N4O2S3/c21-9-13-3-5-14(6-4-13)22-19(26)16-11-27-12-24(16)18(25)8-15-10-29-20(23-15)17-2-1-7-28-17/h1-7,10,16H,8,11-12H2,(H,22,26). The second-order valence-corrected chi connectivity index (χ2v) is 9.16. The lowest BCUT2D eigenvalue weighted by Gasteiger charge is -2.22. The molecule has 0 aliphatic carbocycles. The van der Waals surface area contributed by atoms with Gasteiger partial charge in [-0.15, -0.1) is 34.4 Å². The summed E-state index contributed by atoms with van der Waals surface area (Å²) >= 11 is 4.71. The smallest absolute Gasteiger partial charge is 0.248 e. The van der Waals surface area contributed by atoms with Crippen LogP contribution in [0.4, 0.5) is 5.69 Å². The van der Waals surface area contributed by atoms with Gasteiger partial charge < -0.3 is 10.2 Å². The minimum absolute atomic E-state index is 0.0991. The van der Waals surface area contributed by atoms with Gasteiger partial charge in [0.1, 0.15) is 11.0 Å². The van der Waals surface area contributed by atoms with E-state index in [1.807, 2.05) is 29.0 Å². The van der Waals surface area contributed by atoms with E-state index in [0.29, 0.717) is 22.9 Å². The molecule has 3 aromatic rings. The Bertz CT molecular complexity index is 1050. The third-order valence-corrected chi connectivity index (χ3v) is 7.35. The largest absolute Gasteiger partial charge is 0.324 e. The van der Waals surface area contributed by atoms with Gasteiger partial charge in [-0.25, -0.2) is 4.98 Å². The fraction of sp³-hybridized carbons (Fsp3) is 0.200. The van der Waals surface area contributed by atoms with Crippen LogP contribution in [0.5, 0.6) is 0 Å². The molecule has 0 radical (unpaired) electrons. The number of anilines is 1. The third kappa shape index (κ3) is 4.50. The van der Waals surface area contributed by atoms with E-state index in [1.165, 1.54) is 11.3 Å². The summed E-state index contributed by atoms with van der Waals surface area (Å²) in [6.07, 6.45) is 0.184. The molecule has 29 heavy (non-hydrogen) atoms. The van der Waals surface area contributed by atoms with Crippen molar-refractivity contribution in [3.63, 3.8) is 0 Å². The van der Waals surface area contributed by atoms with Crippen molar-refractivity contribution in [2.45, 2.75) is 12.5 Å². The van der Waals surface area contributed by atoms with E-state index in [9.17, 15) is 9.59 Å². The average molecular weight is 441 g/mol. The fourth-order valence-electron chi connectivity index (χ4n) is 2.92. The molecule has 1 unspecified atom stereocenters. The Morgan fingerprint density at radius 3 is 2.79 bits per heavy atom. The number of hydrogen-bond donors (Lipinski definition) is 1. The minimum Gasteiger partial charge on any atom is -0.324 e. The van der Waals surface area contributed by atoms with Gasteiger partial charge in [-0.3, -0.25) is 9.59 Å². The molecular formula is C20H16N4O2S3. The topological polar surface area (TPSA) is 86.1 Å². The van der Waals surface area contributed by atoms with E-state index in [0.717, 1.165) is 15.6 Å². The van der Waals surface area contributed by atoms with E-state index >= 15 is 0 Å². The van der Waals surface area contributed by atoms with Crippen LogP contribution in [0.1, 0.15) is 11.3 Å². The van der Waals surface area contributed by atoms with Crippen molar-refractivity contribution in [1.29, 1.82) is 5.26 Å². The number of nitrogens with one attached hydrogen (secondary N) is 1. The number of thiophene rings is 1. The summed E-state index contributed by atoms with van der Waals surface area (Å²) in [5.74, 6) is 0.737. The molecule has 0 bridgehead atoms. The Kier molecular flexibility index (Phi) is 5.94. The number of thioether (sulfide) groups is 1. The Morgan fingerprint density at radius 2 is 2.07 bits per heavy atom. The van der Waals surface area contributed by atoms with E-state index in [-0.39, 0.29) is 18.2 Å². The average Bonchev–Trinajstić information content (AvgIpc) is 3.48. The van der Waals surface area contributed by atoms with E-state index in [1.54, 1.807) is 52.3 Å². The normalized spacial score (nSPS) is 15.8. The zero-order chi connectivity index (χ0) is 20.2. The van der Waals surface area contributed by atoms with Gasteiger partial charge in [-0.2, -0.15) is 5.26 Å². The van der Waals surface area contributed by atoms with Crippen LogP contribution in [0.15, 0.2) is 47.2 Å². The molecule has 0 saturated carbocycles. The maximum atomic E-state index is 12.8. The van der Waals surface area contributed by atoms with Crippen LogP contribution in [-0.2, 0) is 16.0 Å². The highest BCUT2D eigenvalue weighted by Gasteiger charge is 2.34. The molecule has 1 aliphatic rings. The number of carbonyl (C=O) groups is 2. The molecule has 1 aromatic carbocycles. The molecular weight excluding hydrogens is 424 g/mol. The number of nitrogens with zero attached hydrogens (tertiary/aromatic N) is 3. The van der Waals surface area contributed by atoms with Gasteiger partial charge in [0.05, 0.1) is 34.5 Å². The Morgan fingerprint density at radius 1 is 1.24 bits per heavy atom. The number of carbonyl (C=O) groups excluding carboxylic acids is 2. The lowest BCUT2D eigenvalue weighted by atomic mass is 10.2. The summed E-state index contributed by atoms with van der Waals surface area (Å²) in [7, 11) is 0. The van der Waals surface area contributed by atoms with Crippen LogP contribution in [0.3, 0.4) is 0 Å². The molecule has 1 saturated heterocycles. The van der Waals surface area contributed by atoms with Gasteiger partial charge in [-0.1, -0.05) is 6.07 Å². The molecule has 6 nitrogen and oxygen atoms in total. The first-order valence-electron chi connectivity index (χ1n) is 8.80. The number of rotatable bonds is 5. The number of benzene rings is 1. The molecule has 1 atom stereocenters. The Labute approximate surface area is 180 Å². The van der Waals surface area contributed by atoms with Crippen LogP contribution >= 0.6 is 34.4 Å². The first-order valence-corrected chi connectivity index (χ1v) is 11.7. The third-order valence-electron chi connectivity index (χ3n) is 4.40. The van der Waals surface area contributed by atoms with Gasteiger partial charge in [0.25, 0.3) is 0 Å². The van der Waals surface area contributed by atoms with Crippen LogP contribution in [0.25, 0.3) is 9.88 Å². The first kappa shape index (κ1) is 19.6. The number of aromatic nitrogens is 1. The summed E-state index contributed by atoms with van der Waals surface area (Å²) in [6, 6.07) is 12.2. The van der Waals surface area contributed by atoms with Gasteiger partial charge in [0.15, 0.2) is 0 Å². The summed E-state index contributed by atoms with van der Waals surface area (Å²) in [5, 5.41) is 16.5. The summed E-state index contributed by atoms with van der Waals surface area (Å²) in [4.78, 5) is 32.8. The molecule has 1 fully saturated rings. The molecule has 3 heterocycles. The predicted octanol–water partition coefficient (Wildman–Crippen LogP) is 3.83. The fourth-order valence-corrected chi connectivity index (χ4v) is 5.73. The second-order valence-electron chi connectivity index (χ2n) is 6.36. The molecule has 0 spiro atoms. The zero-order valence-electron chi connectivity index (χ0n) is 15.2. The van der Waals surface area contributed by atoms with Gasteiger partial charge >= 0.3 is 0 Å². The molecule has 2 amide bonds. The number of hydrogen-bond acceptors (Lipinski definition) is 7. The van der Waals surface area contributed by atoms with Crippen LogP contribution < -0.4 is 5.32 Å². The van der Waals surface area contributed by atoms with E-state index in [4.69, 9.17) is 5.26 Å². The summed E-state index contributed by atoms with van der Waals surface area (Å²) < 4.78 is 0. The highest BCUT2D eigenvalue weighted by Crippen LogP contribution is 2.29. The van der Waals surface area contributed by atoms with Crippen molar-refractivity contribution in [3.8, 4) is 16.0 Å². The summed E-state index contributed by atoms with van der Waals surface area (Å²) in [5.41, 5.74) is 1.87. The second kappa shape index (κ2) is 8.78. The number of amides is 2. The van der Waals surface area contributed by atoms with E-state index < -0.39 is 6.04 Å². The molecule has 4 rings (SSSR count). The highest BCUT2D eigenvalue weighted by molar-refractivity contribution is 7.99. The maximum Gasteiger partial charge on any atom is 0.248 e. The van der Waals surface area contributed by atoms with Crippen molar-refractivity contribution in [3.05, 3.63) is 58.4 Å². The maximum absolute atomic E-state index is 12.8. The van der Waals surface area contributed by atoms with Crippen LogP contribution in [0, 0.1) is 11.3 Å². The highest BCUT2D eigenvalue weighted by atomic mass is 32.2. The van der Waals surface area contributed by atoms with Gasteiger partial charge in [-0.05, 0) is 35.7 Å². The molecule has 2 aromatic heterocycles. The van der Waals surface area contributed by atoms with Crippen LogP contribution in [-0.4, -0.2) is 39.4 Å². The van der Waals surface area contributed by atoms with Crippen LogP contribution in [0.2, 0.25) is 0 Å². The Hall–Kier alpha value is -2.67. The lowest BCUT2D eigenvalue weighted by Crippen LogP contribution is -2.45. The van der Waals surface area contributed by atoms with Crippen molar-refractivity contribution in [1.82, 2.24) is 9.88 Å². The number of nitriles is 1. The lowest BCUT2D eigenvalue weighted by molar-refractivity contribution is -0.135. The van der Waals surface area contributed by atoms with Crippen molar-refractivity contribution in [2.24, 2.45) is 0 Å². The predicted molar refractivity (Wildman–Crippen MR) is 117 cm³/mol. The zero-order valence-corrected chi connectivity index (χ0v) is 17.6. The van der Waals surface area contributed by atoms with E-state index in [2.05, 4.69) is 10.3 Å². The molecule has 1 aliphatic heterocycles. The first-order chi connectivity index (χ1) is 14.1. The van der Waals surface area contributed by atoms with Crippen molar-refractivity contribution in [2.75, 3.05) is 16.9 Å². The number of thiazole rings is 1. The molecule has 9 heteroatoms. The quantitative estimate of drug-likeness (QED) is 0.652. The van der Waals surface area contributed by atoms with Crippen molar-refractivity contribution >= 4 is 51.9 Å². The molecule has 1 N–H and O–H groups in total. The minimum atomic E-state index is -0.515. The van der Waals surface area contributed by atoms with Crippen molar-refractivity contribution < 1.29 is 9.59 Å². The SMILES string of the molecule is N#Cc1ccc(NC(=O)C2CSCN2C(=O)Cc2csc(-c3cccs3)n2)cc1. The van der Waals surface area contributed by atoms with Gasteiger partial charge in [0.2, 0.25) is 11.8 Å². The summed E-state index contributed by atoms with van der Waals surface area (Å²) in [6.45, 7) is 0.